The summed E-state index contributed by atoms with van der Waals surface area (Å²) in [6, 6.07) is 6.37. The van der Waals surface area contributed by atoms with Crippen LogP contribution in [0.5, 0.6) is 0 Å². The molecule has 0 spiro atoms. The Morgan fingerprint density at radius 2 is 2.12 bits per heavy atom. The van der Waals surface area contributed by atoms with Crippen LogP contribution in [0.15, 0.2) is 18.2 Å². The van der Waals surface area contributed by atoms with Crippen LogP contribution in [-0.4, -0.2) is 16.1 Å². The van der Waals surface area contributed by atoms with Gasteiger partial charge >= 0.3 is 0 Å². The van der Waals surface area contributed by atoms with Crippen LogP contribution < -0.4 is 0 Å². The van der Waals surface area contributed by atoms with Crippen LogP contribution in [0.4, 0.5) is 0 Å². The predicted molar refractivity (Wildman–Crippen MR) is 71.0 cm³/mol. The minimum absolute atomic E-state index is 0.294. The zero-order chi connectivity index (χ0) is 11.8. The van der Waals surface area contributed by atoms with Gasteiger partial charge in [0, 0.05) is 5.25 Å². The lowest BCUT2D eigenvalue weighted by Crippen LogP contribution is -2.39. The van der Waals surface area contributed by atoms with Crippen LogP contribution in [0, 0.1) is 13.8 Å². The van der Waals surface area contributed by atoms with Crippen molar-refractivity contribution >= 4 is 11.8 Å². The molecule has 0 aromatic heterocycles. The van der Waals surface area contributed by atoms with Gasteiger partial charge in [0.05, 0.1) is 0 Å². The molecule has 16 heavy (non-hydrogen) atoms. The van der Waals surface area contributed by atoms with Crippen molar-refractivity contribution in [3.05, 3.63) is 34.9 Å². The minimum Gasteiger partial charge on any atom is -0.384 e. The standard InChI is InChI=1S/C14H20OS/c1-10-5-6-13(11(2)9-10)14(15)7-4-8-16-12(14)3/h5-6,9,12,15H,4,7-8H2,1-3H3. The van der Waals surface area contributed by atoms with E-state index in [1.165, 1.54) is 16.9 Å². The van der Waals surface area contributed by atoms with Gasteiger partial charge in [-0.3, -0.25) is 0 Å². The highest BCUT2D eigenvalue weighted by molar-refractivity contribution is 8.00. The molecule has 0 saturated carbocycles. The van der Waals surface area contributed by atoms with Crippen LogP contribution in [0.25, 0.3) is 0 Å². The Morgan fingerprint density at radius 1 is 1.38 bits per heavy atom. The average Bonchev–Trinajstić information content (AvgIpc) is 2.22. The smallest absolute Gasteiger partial charge is 0.101 e. The number of hydrogen-bond donors (Lipinski definition) is 1. The maximum Gasteiger partial charge on any atom is 0.101 e. The van der Waals surface area contributed by atoms with Crippen LogP contribution in [0.2, 0.25) is 0 Å². The van der Waals surface area contributed by atoms with Crippen LogP contribution >= 0.6 is 11.8 Å². The van der Waals surface area contributed by atoms with Crippen molar-refractivity contribution in [3.8, 4) is 0 Å². The van der Waals surface area contributed by atoms with Gasteiger partial charge in [0.1, 0.15) is 5.60 Å². The first-order valence-electron chi connectivity index (χ1n) is 5.96. The highest BCUT2D eigenvalue weighted by atomic mass is 32.2. The van der Waals surface area contributed by atoms with E-state index in [0.29, 0.717) is 5.25 Å². The molecule has 88 valence electrons. The second kappa shape index (κ2) is 4.42. The number of rotatable bonds is 1. The molecule has 1 saturated heterocycles. The summed E-state index contributed by atoms with van der Waals surface area (Å²) in [7, 11) is 0. The van der Waals surface area contributed by atoms with E-state index in [-0.39, 0.29) is 0 Å². The van der Waals surface area contributed by atoms with E-state index in [1.807, 2.05) is 11.8 Å². The molecule has 0 amide bonds. The summed E-state index contributed by atoms with van der Waals surface area (Å²) in [6.07, 6.45) is 2.00. The van der Waals surface area contributed by atoms with Crippen molar-refractivity contribution < 1.29 is 5.11 Å². The van der Waals surface area contributed by atoms with Gasteiger partial charge in [-0.15, -0.1) is 0 Å². The summed E-state index contributed by atoms with van der Waals surface area (Å²) >= 11 is 1.88. The third kappa shape index (κ3) is 2.01. The Kier molecular flexibility index (Phi) is 3.32. The summed E-state index contributed by atoms with van der Waals surface area (Å²) in [6.45, 7) is 6.34. The van der Waals surface area contributed by atoms with E-state index in [9.17, 15) is 5.11 Å². The topological polar surface area (TPSA) is 20.2 Å². The lowest BCUT2D eigenvalue weighted by Gasteiger charge is -2.39. The molecule has 1 aromatic carbocycles. The van der Waals surface area contributed by atoms with Gasteiger partial charge in [0.2, 0.25) is 0 Å². The van der Waals surface area contributed by atoms with Crippen molar-refractivity contribution in [2.75, 3.05) is 5.75 Å². The Bertz CT molecular complexity index is 388. The second-order valence-corrected chi connectivity index (χ2v) is 6.31. The Morgan fingerprint density at radius 3 is 2.75 bits per heavy atom. The van der Waals surface area contributed by atoms with Gasteiger partial charge in [-0.25, -0.2) is 0 Å². The first kappa shape index (κ1) is 12.0. The molecule has 0 radical (unpaired) electrons. The molecule has 1 nitrogen and oxygen atoms in total. The highest BCUT2D eigenvalue weighted by Gasteiger charge is 2.39. The third-order valence-corrected chi connectivity index (χ3v) is 5.01. The molecule has 2 atom stereocenters. The van der Waals surface area contributed by atoms with Gasteiger partial charge in [0.25, 0.3) is 0 Å². The molecule has 1 fully saturated rings. The molecular weight excluding hydrogens is 216 g/mol. The molecule has 2 unspecified atom stereocenters. The number of hydrogen-bond acceptors (Lipinski definition) is 2. The maximum atomic E-state index is 10.9. The molecule has 2 heteroatoms. The molecule has 1 aromatic rings. The molecular formula is C14H20OS. The van der Waals surface area contributed by atoms with Crippen LogP contribution in [-0.2, 0) is 5.60 Å². The summed E-state index contributed by atoms with van der Waals surface area (Å²) < 4.78 is 0. The first-order valence-corrected chi connectivity index (χ1v) is 7.00. The van der Waals surface area contributed by atoms with Crippen molar-refractivity contribution in [2.45, 2.75) is 44.5 Å². The van der Waals surface area contributed by atoms with Gasteiger partial charge in [-0.1, -0.05) is 30.7 Å². The van der Waals surface area contributed by atoms with Gasteiger partial charge in [-0.2, -0.15) is 11.8 Å². The fourth-order valence-corrected chi connectivity index (χ4v) is 3.78. The first-order chi connectivity index (χ1) is 7.54. The van der Waals surface area contributed by atoms with Crippen LogP contribution in [0.1, 0.15) is 36.5 Å². The van der Waals surface area contributed by atoms with Gasteiger partial charge in [0.15, 0.2) is 0 Å². The van der Waals surface area contributed by atoms with Gasteiger partial charge in [-0.05, 0) is 43.6 Å². The SMILES string of the molecule is Cc1ccc(C2(O)CCCSC2C)c(C)c1. The van der Waals surface area contributed by atoms with E-state index in [0.717, 1.165) is 18.4 Å². The number of aliphatic hydroxyl groups is 1. The predicted octanol–water partition coefficient (Wildman–Crippen LogP) is 3.41. The lowest BCUT2D eigenvalue weighted by molar-refractivity contribution is 0.0248. The molecule has 0 bridgehead atoms. The maximum absolute atomic E-state index is 10.9. The molecule has 0 aliphatic carbocycles. The average molecular weight is 236 g/mol. The molecule has 1 heterocycles. The molecule has 1 aliphatic heterocycles. The van der Waals surface area contributed by atoms with Gasteiger partial charge < -0.3 is 5.11 Å². The van der Waals surface area contributed by atoms with E-state index in [1.54, 1.807) is 0 Å². The monoisotopic (exact) mass is 236 g/mol. The Balaban J connectivity index is 2.41. The van der Waals surface area contributed by atoms with Crippen molar-refractivity contribution in [1.29, 1.82) is 0 Å². The molecule has 2 rings (SSSR count). The van der Waals surface area contributed by atoms with E-state index >= 15 is 0 Å². The number of benzene rings is 1. The van der Waals surface area contributed by atoms with E-state index in [4.69, 9.17) is 0 Å². The number of aryl methyl sites for hydroxylation is 2. The molecule has 1 N–H and O–H groups in total. The van der Waals surface area contributed by atoms with E-state index < -0.39 is 5.60 Å². The fraction of sp³-hybridized carbons (Fsp3) is 0.571. The molecule has 1 aliphatic rings. The largest absolute Gasteiger partial charge is 0.384 e. The zero-order valence-corrected chi connectivity index (χ0v) is 11.1. The normalized spacial score (nSPS) is 30.4. The van der Waals surface area contributed by atoms with Crippen molar-refractivity contribution in [3.63, 3.8) is 0 Å². The zero-order valence-electron chi connectivity index (χ0n) is 10.3. The van der Waals surface area contributed by atoms with Crippen molar-refractivity contribution in [2.24, 2.45) is 0 Å². The fourth-order valence-electron chi connectivity index (χ4n) is 2.60. The number of thioether (sulfide) groups is 1. The van der Waals surface area contributed by atoms with Crippen molar-refractivity contribution in [1.82, 2.24) is 0 Å². The Labute approximate surface area is 102 Å². The summed E-state index contributed by atoms with van der Waals surface area (Å²) in [5, 5.41) is 11.2. The highest BCUT2D eigenvalue weighted by Crippen LogP contribution is 2.42. The third-order valence-electron chi connectivity index (χ3n) is 3.59. The lowest BCUT2D eigenvalue weighted by atomic mass is 9.83. The minimum atomic E-state index is -0.624. The summed E-state index contributed by atoms with van der Waals surface area (Å²) in [5.74, 6) is 1.17. The second-order valence-electron chi connectivity index (χ2n) is 4.86. The Hall–Kier alpha value is -0.470. The van der Waals surface area contributed by atoms with E-state index in [2.05, 4.69) is 39.0 Å². The quantitative estimate of drug-likeness (QED) is 0.806. The summed E-state index contributed by atoms with van der Waals surface area (Å²) in [5.41, 5.74) is 2.98. The summed E-state index contributed by atoms with van der Waals surface area (Å²) in [4.78, 5) is 0. The van der Waals surface area contributed by atoms with Crippen LogP contribution in [0.3, 0.4) is 0 Å².